The molecule has 1 amide bonds. The molecule has 0 aliphatic heterocycles. The maximum atomic E-state index is 11.2. The number of methoxy groups -OCH3 is 1. The van der Waals surface area contributed by atoms with Gasteiger partial charge in [-0.2, -0.15) is 4.98 Å². The van der Waals surface area contributed by atoms with Crippen LogP contribution in [0.5, 0.6) is 5.75 Å². The molecule has 0 fully saturated rings. The number of nitrogens with one attached hydrogen (secondary N) is 1. The molecule has 1 aromatic carbocycles. The molecule has 1 heterocycles. The van der Waals surface area contributed by atoms with Gasteiger partial charge in [0.1, 0.15) is 11.8 Å². The van der Waals surface area contributed by atoms with E-state index in [-0.39, 0.29) is 12.5 Å². The second-order valence-corrected chi connectivity index (χ2v) is 4.18. The average molecular weight is 276 g/mol. The molecule has 1 unspecified atom stereocenters. The molecule has 0 saturated heterocycles. The van der Waals surface area contributed by atoms with Gasteiger partial charge >= 0.3 is 0 Å². The minimum Gasteiger partial charge on any atom is -0.497 e. The van der Waals surface area contributed by atoms with Crippen LogP contribution < -0.4 is 15.8 Å². The minimum absolute atomic E-state index is 0.0821. The van der Waals surface area contributed by atoms with Crippen LogP contribution in [0.4, 0.5) is 0 Å². The predicted molar refractivity (Wildman–Crippen MR) is 71.9 cm³/mol. The van der Waals surface area contributed by atoms with Gasteiger partial charge < -0.3 is 20.3 Å². The molecule has 20 heavy (non-hydrogen) atoms. The monoisotopic (exact) mass is 276 g/mol. The maximum absolute atomic E-state index is 11.2. The molecule has 2 aromatic rings. The second-order valence-electron chi connectivity index (χ2n) is 4.18. The van der Waals surface area contributed by atoms with Crippen LogP contribution in [0.1, 0.15) is 18.9 Å². The Kier molecular flexibility index (Phi) is 4.31. The van der Waals surface area contributed by atoms with Crippen molar-refractivity contribution in [2.75, 3.05) is 13.7 Å². The number of aromatic nitrogens is 2. The molecule has 0 saturated carbocycles. The van der Waals surface area contributed by atoms with Gasteiger partial charge in [-0.1, -0.05) is 17.3 Å². The Bertz CT molecular complexity index is 597. The van der Waals surface area contributed by atoms with Gasteiger partial charge in [0.15, 0.2) is 0 Å². The smallest absolute Gasteiger partial charge is 0.249 e. The molecule has 1 atom stereocenters. The van der Waals surface area contributed by atoms with Gasteiger partial charge in [-0.15, -0.1) is 0 Å². The normalized spacial score (nSPS) is 11.9. The van der Waals surface area contributed by atoms with Gasteiger partial charge in [-0.25, -0.2) is 0 Å². The predicted octanol–water partition coefficient (Wildman–Crippen LogP) is 0.881. The van der Waals surface area contributed by atoms with E-state index >= 15 is 0 Å². The molecule has 2 rings (SSSR count). The zero-order valence-corrected chi connectivity index (χ0v) is 11.3. The van der Waals surface area contributed by atoms with E-state index in [1.807, 2.05) is 18.2 Å². The third-order valence-electron chi connectivity index (χ3n) is 2.70. The van der Waals surface area contributed by atoms with Gasteiger partial charge in [0.05, 0.1) is 13.7 Å². The Morgan fingerprint density at radius 1 is 1.55 bits per heavy atom. The molecule has 0 aliphatic rings. The summed E-state index contributed by atoms with van der Waals surface area (Å²) in [4.78, 5) is 15.5. The van der Waals surface area contributed by atoms with E-state index < -0.39 is 6.04 Å². The third kappa shape index (κ3) is 3.12. The number of nitrogens with zero attached hydrogens (tertiary/aromatic N) is 2. The van der Waals surface area contributed by atoms with Gasteiger partial charge in [0, 0.05) is 5.56 Å². The molecule has 0 bridgehead atoms. The first-order valence-electron chi connectivity index (χ1n) is 6.11. The lowest BCUT2D eigenvalue weighted by molar-refractivity contribution is -0.120. The fourth-order valence-corrected chi connectivity index (χ4v) is 1.65. The van der Waals surface area contributed by atoms with Crippen molar-refractivity contribution in [1.29, 1.82) is 0 Å². The molecule has 7 nitrogen and oxygen atoms in total. The Morgan fingerprint density at radius 2 is 2.35 bits per heavy atom. The molecule has 1 aromatic heterocycles. The third-order valence-corrected chi connectivity index (χ3v) is 2.70. The van der Waals surface area contributed by atoms with E-state index in [2.05, 4.69) is 15.5 Å². The van der Waals surface area contributed by atoms with E-state index in [1.54, 1.807) is 20.1 Å². The fraction of sp³-hybridized carbons (Fsp3) is 0.308. The molecule has 7 heteroatoms. The summed E-state index contributed by atoms with van der Waals surface area (Å²) in [7, 11) is 1.59. The maximum Gasteiger partial charge on any atom is 0.249 e. The molecular weight excluding hydrogens is 260 g/mol. The van der Waals surface area contributed by atoms with Crippen molar-refractivity contribution in [2.45, 2.75) is 13.0 Å². The number of rotatable bonds is 5. The molecule has 106 valence electrons. The van der Waals surface area contributed by atoms with Gasteiger partial charge in [-0.3, -0.25) is 4.79 Å². The first-order valence-corrected chi connectivity index (χ1v) is 6.11. The lowest BCUT2D eigenvalue weighted by Gasteiger charge is -2.07. The summed E-state index contributed by atoms with van der Waals surface area (Å²) in [6, 6.07) is 6.93. The summed E-state index contributed by atoms with van der Waals surface area (Å²) in [5.74, 6) is 1.19. The summed E-state index contributed by atoms with van der Waals surface area (Å²) < 4.78 is 10.3. The van der Waals surface area contributed by atoms with Crippen molar-refractivity contribution in [3.8, 4) is 17.1 Å². The first kappa shape index (κ1) is 14.0. The largest absolute Gasteiger partial charge is 0.497 e. The first-order chi connectivity index (χ1) is 9.63. The van der Waals surface area contributed by atoms with Crippen molar-refractivity contribution < 1.29 is 14.1 Å². The number of hydrogen-bond donors (Lipinski definition) is 2. The SMILES string of the molecule is COc1cccc(-c2noc(C(C)NC(=O)CN)n2)c1. The van der Waals surface area contributed by atoms with Crippen LogP contribution >= 0.6 is 0 Å². The van der Waals surface area contributed by atoms with Crippen molar-refractivity contribution in [2.24, 2.45) is 5.73 Å². The average Bonchev–Trinajstić information content (AvgIpc) is 2.97. The van der Waals surface area contributed by atoms with E-state index in [0.717, 1.165) is 5.56 Å². The highest BCUT2D eigenvalue weighted by Gasteiger charge is 2.16. The van der Waals surface area contributed by atoms with E-state index in [9.17, 15) is 4.79 Å². The summed E-state index contributed by atoms with van der Waals surface area (Å²) in [5.41, 5.74) is 6.01. The van der Waals surface area contributed by atoms with Gasteiger partial charge in [0.25, 0.3) is 0 Å². The molecule has 3 N–H and O–H groups in total. The number of carbonyl (C=O) groups is 1. The van der Waals surface area contributed by atoms with Crippen molar-refractivity contribution in [3.63, 3.8) is 0 Å². The number of carbonyl (C=O) groups excluding carboxylic acids is 1. The number of ether oxygens (including phenoxy) is 1. The highest BCUT2D eigenvalue weighted by molar-refractivity contribution is 5.78. The van der Waals surface area contributed by atoms with Gasteiger partial charge in [0.2, 0.25) is 17.6 Å². The van der Waals surface area contributed by atoms with Crippen LogP contribution in [-0.2, 0) is 4.79 Å². The number of hydrogen-bond acceptors (Lipinski definition) is 6. The van der Waals surface area contributed by atoms with Gasteiger partial charge in [-0.05, 0) is 19.1 Å². The summed E-state index contributed by atoms with van der Waals surface area (Å²) in [5, 5.41) is 6.54. The van der Waals surface area contributed by atoms with E-state index in [0.29, 0.717) is 17.5 Å². The van der Waals surface area contributed by atoms with Crippen molar-refractivity contribution >= 4 is 5.91 Å². The van der Waals surface area contributed by atoms with Crippen LogP contribution in [0, 0.1) is 0 Å². The number of benzene rings is 1. The Balaban J connectivity index is 2.17. The number of amides is 1. The summed E-state index contributed by atoms with van der Waals surface area (Å²) in [6.45, 7) is 1.66. The van der Waals surface area contributed by atoms with Crippen molar-refractivity contribution in [1.82, 2.24) is 15.5 Å². The lowest BCUT2D eigenvalue weighted by Crippen LogP contribution is -2.32. The number of nitrogens with two attached hydrogens (primary N) is 1. The second kappa shape index (κ2) is 6.16. The fourth-order valence-electron chi connectivity index (χ4n) is 1.65. The molecular formula is C13H16N4O3. The zero-order chi connectivity index (χ0) is 14.5. The van der Waals surface area contributed by atoms with Crippen molar-refractivity contribution in [3.05, 3.63) is 30.2 Å². The lowest BCUT2D eigenvalue weighted by atomic mass is 10.2. The van der Waals surface area contributed by atoms with Crippen LogP contribution in [0.3, 0.4) is 0 Å². The Hall–Kier alpha value is -2.41. The standard InChI is InChI=1S/C13H16N4O3/c1-8(15-11(18)7-14)13-16-12(17-20-13)9-4-3-5-10(6-9)19-2/h3-6,8H,7,14H2,1-2H3,(H,15,18). The highest BCUT2D eigenvalue weighted by atomic mass is 16.5. The molecule has 0 aliphatic carbocycles. The van der Waals surface area contributed by atoms with E-state index in [1.165, 1.54) is 0 Å². The summed E-state index contributed by atoms with van der Waals surface area (Å²) >= 11 is 0. The zero-order valence-electron chi connectivity index (χ0n) is 11.3. The minimum atomic E-state index is -0.391. The van der Waals surface area contributed by atoms with Crippen LogP contribution in [0.15, 0.2) is 28.8 Å². The van der Waals surface area contributed by atoms with E-state index in [4.69, 9.17) is 15.0 Å². The van der Waals surface area contributed by atoms with Crippen LogP contribution in [0.2, 0.25) is 0 Å². The summed E-state index contributed by atoms with van der Waals surface area (Å²) in [6.07, 6.45) is 0. The van der Waals surface area contributed by atoms with Crippen LogP contribution in [0.25, 0.3) is 11.4 Å². The quantitative estimate of drug-likeness (QED) is 0.840. The molecule has 0 spiro atoms. The highest BCUT2D eigenvalue weighted by Crippen LogP contribution is 2.22. The van der Waals surface area contributed by atoms with Crippen LogP contribution in [-0.4, -0.2) is 29.7 Å². The Morgan fingerprint density at radius 3 is 3.05 bits per heavy atom. The Labute approximate surface area is 116 Å². The topological polar surface area (TPSA) is 103 Å². The molecule has 0 radical (unpaired) electrons.